The van der Waals surface area contributed by atoms with Crippen LogP contribution >= 0.6 is 0 Å². The second kappa shape index (κ2) is 6.19. The van der Waals surface area contributed by atoms with Crippen LogP contribution in [0, 0.1) is 5.41 Å². The second-order valence-electron chi connectivity index (χ2n) is 5.82. The molecule has 0 aliphatic heterocycles. The molecule has 5 nitrogen and oxygen atoms in total. The summed E-state index contributed by atoms with van der Waals surface area (Å²) in [6, 6.07) is 2.69. The Hall–Kier alpha value is -2.09. The van der Waals surface area contributed by atoms with Crippen molar-refractivity contribution in [3.8, 4) is 0 Å². The number of carbonyl (C=O) groups is 2. The molecule has 0 atom stereocenters. The first-order valence-electron chi connectivity index (χ1n) is 7.04. The molecule has 1 aliphatic rings. The fourth-order valence-corrected chi connectivity index (χ4v) is 2.14. The quantitative estimate of drug-likeness (QED) is 0.774. The Morgan fingerprint density at radius 3 is 2.39 bits per heavy atom. The van der Waals surface area contributed by atoms with Gasteiger partial charge in [-0.05, 0) is 31.0 Å². The number of halogens is 3. The molecule has 126 valence electrons. The number of hydrogen-bond acceptors (Lipinski definition) is 3. The van der Waals surface area contributed by atoms with Crippen LogP contribution < -0.4 is 10.6 Å². The van der Waals surface area contributed by atoms with Crippen LogP contribution in [0.25, 0.3) is 0 Å². The highest BCUT2D eigenvalue weighted by Gasteiger charge is 2.42. The van der Waals surface area contributed by atoms with Gasteiger partial charge >= 0.3 is 6.18 Å². The lowest BCUT2D eigenvalue weighted by molar-refractivity contribution is -0.137. The fraction of sp³-hybridized carbons (Fsp3) is 0.467. The van der Waals surface area contributed by atoms with E-state index in [1.165, 1.54) is 6.07 Å². The molecule has 1 aromatic carbocycles. The van der Waals surface area contributed by atoms with Gasteiger partial charge in [0.25, 0.3) is 5.91 Å². The Balaban J connectivity index is 2.21. The van der Waals surface area contributed by atoms with Gasteiger partial charge in [0.15, 0.2) is 0 Å². The minimum absolute atomic E-state index is 0.0764. The third-order valence-corrected chi connectivity index (χ3v) is 3.76. The molecule has 23 heavy (non-hydrogen) atoms. The zero-order valence-corrected chi connectivity index (χ0v) is 12.5. The molecule has 3 N–H and O–H groups in total. The summed E-state index contributed by atoms with van der Waals surface area (Å²) in [7, 11) is 0. The molecule has 1 aliphatic carbocycles. The second-order valence-corrected chi connectivity index (χ2v) is 5.82. The predicted octanol–water partition coefficient (Wildman–Crippen LogP) is 2.17. The maximum Gasteiger partial charge on any atom is 0.416 e. The average molecular weight is 330 g/mol. The van der Waals surface area contributed by atoms with Crippen LogP contribution in [0.15, 0.2) is 18.2 Å². The van der Waals surface area contributed by atoms with Crippen molar-refractivity contribution in [2.75, 3.05) is 18.5 Å². The summed E-state index contributed by atoms with van der Waals surface area (Å²) < 4.78 is 38.7. The van der Waals surface area contributed by atoms with Crippen molar-refractivity contribution in [1.29, 1.82) is 0 Å². The Labute approximate surface area is 130 Å². The number of aliphatic hydroxyl groups is 1. The first-order valence-corrected chi connectivity index (χ1v) is 7.04. The summed E-state index contributed by atoms with van der Waals surface area (Å²) in [6.07, 6.45) is -3.10. The number of alkyl halides is 3. The van der Waals surface area contributed by atoms with E-state index in [0.717, 1.165) is 31.9 Å². The number of amides is 2. The topological polar surface area (TPSA) is 78.4 Å². The summed E-state index contributed by atoms with van der Waals surface area (Å²) in [6.45, 7) is 1.29. The van der Waals surface area contributed by atoms with Gasteiger partial charge < -0.3 is 15.7 Å². The van der Waals surface area contributed by atoms with Crippen molar-refractivity contribution in [2.24, 2.45) is 5.41 Å². The van der Waals surface area contributed by atoms with Gasteiger partial charge in [0.2, 0.25) is 5.91 Å². The SMILES string of the molecule is CC(=O)Nc1cc(C(=O)NCC2(CO)CC2)cc(C(F)(F)F)c1. The number of carbonyl (C=O) groups excluding carboxylic acids is 2. The number of hydrogen-bond donors (Lipinski definition) is 3. The molecule has 0 unspecified atom stereocenters. The van der Waals surface area contributed by atoms with Crippen molar-refractivity contribution >= 4 is 17.5 Å². The molecule has 0 heterocycles. The van der Waals surface area contributed by atoms with E-state index in [4.69, 9.17) is 0 Å². The van der Waals surface area contributed by atoms with Crippen LogP contribution in [-0.2, 0) is 11.0 Å². The van der Waals surface area contributed by atoms with Crippen molar-refractivity contribution in [2.45, 2.75) is 25.9 Å². The summed E-state index contributed by atoms with van der Waals surface area (Å²) in [4.78, 5) is 23.1. The van der Waals surface area contributed by atoms with Crippen molar-refractivity contribution in [3.63, 3.8) is 0 Å². The van der Waals surface area contributed by atoms with Gasteiger partial charge in [-0.3, -0.25) is 9.59 Å². The highest BCUT2D eigenvalue weighted by Crippen LogP contribution is 2.44. The van der Waals surface area contributed by atoms with E-state index in [1.807, 2.05) is 0 Å². The van der Waals surface area contributed by atoms with Crippen LogP contribution in [0.5, 0.6) is 0 Å². The summed E-state index contributed by atoms with van der Waals surface area (Å²) >= 11 is 0. The van der Waals surface area contributed by atoms with Crippen molar-refractivity contribution < 1.29 is 27.9 Å². The molecule has 1 aromatic rings. The zero-order valence-electron chi connectivity index (χ0n) is 12.5. The first-order chi connectivity index (χ1) is 10.6. The number of nitrogens with one attached hydrogen (secondary N) is 2. The van der Waals surface area contributed by atoms with Crippen LogP contribution in [-0.4, -0.2) is 30.1 Å². The number of aliphatic hydroxyl groups excluding tert-OH is 1. The van der Waals surface area contributed by atoms with E-state index in [0.29, 0.717) is 0 Å². The van der Waals surface area contributed by atoms with Gasteiger partial charge in [-0.25, -0.2) is 0 Å². The summed E-state index contributed by atoms with van der Waals surface area (Å²) in [5.74, 6) is -1.21. The van der Waals surface area contributed by atoms with Gasteiger partial charge in [-0.2, -0.15) is 13.2 Å². The molecular weight excluding hydrogens is 313 g/mol. The largest absolute Gasteiger partial charge is 0.416 e. The van der Waals surface area contributed by atoms with E-state index in [2.05, 4.69) is 10.6 Å². The highest BCUT2D eigenvalue weighted by atomic mass is 19.4. The smallest absolute Gasteiger partial charge is 0.396 e. The summed E-state index contributed by atoms with van der Waals surface area (Å²) in [5.41, 5.74) is -1.66. The highest BCUT2D eigenvalue weighted by molar-refractivity contribution is 5.97. The van der Waals surface area contributed by atoms with Crippen molar-refractivity contribution in [1.82, 2.24) is 5.32 Å². The molecule has 8 heteroatoms. The van der Waals surface area contributed by atoms with Crippen LogP contribution in [0.3, 0.4) is 0 Å². The fourth-order valence-electron chi connectivity index (χ4n) is 2.14. The number of benzene rings is 1. The third-order valence-electron chi connectivity index (χ3n) is 3.76. The molecule has 0 radical (unpaired) electrons. The maximum absolute atomic E-state index is 12.9. The van der Waals surface area contributed by atoms with E-state index in [1.54, 1.807) is 0 Å². The Kier molecular flexibility index (Phi) is 4.65. The molecule has 0 spiro atoms. The molecule has 1 fully saturated rings. The molecular formula is C15H17F3N2O3. The average Bonchev–Trinajstić information content (AvgIpc) is 3.23. The lowest BCUT2D eigenvalue weighted by atomic mass is 10.1. The Morgan fingerprint density at radius 1 is 1.26 bits per heavy atom. The van der Waals surface area contributed by atoms with E-state index in [9.17, 15) is 27.9 Å². The zero-order chi connectivity index (χ0) is 17.3. The molecule has 2 rings (SSSR count). The van der Waals surface area contributed by atoms with Gasteiger partial charge in [0.1, 0.15) is 0 Å². The van der Waals surface area contributed by atoms with Gasteiger partial charge in [0, 0.05) is 30.1 Å². The Morgan fingerprint density at radius 2 is 1.91 bits per heavy atom. The summed E-state index contributed by atoms with van der Waals surface area (Å²) in [5, 5.41) is 14.0. The third kappa shape index (κ3) is 4.44. The minimum atomic E-state index is -4.63. The van der Waals surface area contributed by atoms with E-state index >= 15 is 0 Å². The van der Waals surface area contributed by atoms with Crippen molar-refractivity contribution in [3.05, 3.63) is 29.3 Å². The molecule has 0 bridgehead atoms. The number of rotatable bonds is 5. The molecule has 2 amide bonds. The molecule has 1 saturated carbocycles. The first kappa shape index (κ1) is 17.3. The van der Waals surface area contributed by atoms with Gasteiger partial charge in [-0.1, -0.05) is 0 Å². The normalized spacial score (nSPS) is 15.9. The predicted molar refractivity (Wildman–Crippen MR) is 76.8 cm³/mol. The molecule has 0 aromatic heterocycles. The monoisotopic (exact) mass is 330 g/mol. The lowest BCUT2D eigenvalue weighted by Gasteiger charge is -2.15. The van der Waals surface area contributed by atoms with Crippen LogP contribution in [0.2, 0.25) is 0 Å². The maximum atomic E-state index is 12.9. The lowest BCUT2D eigenvalue weighted by Crippen LogP contribution is -2.32. The van der Waals surface area contributed by atoms with E-state index < -0.39 is 23.6 Å². The standard InChI is InChI=1S/C15H17F3N2O3/c1-9(22)20-12-5-10(4-11(6-12)15(16,17)18)13(23)19-7-14(8-21)2-3-14/h4-6,21H,2-3,7-8H2,1H3,(H,19,23)(H,20,22). The molecule has 0 saturated heterocycles. The Bertz CT molecular complexity index is 625. The van der Waals surface area contributed by atoms with Crippen LogP contribution in [0.1, 0.15) is 35.7 Å². The van der Waals surface area contributed by atoms with Gasteiger partial charge in [-0.15, -0.1) is 0 Å². The number of anilines is 1. The minimum Gasteiger partial charge on any atom is -0.396 e. The van der Waals surface area contributed by atoms with Gasteiger partial charge in [0.05, 0.1) is 12.2 Å². The van der Waals surface area contributed by atoms with Crippen LogP contribution in [0.4, 0.5) is 18.9 Å². The van der Waals surface area contributed by atoms with E-state index in [-0.39, 0.29) is 29.8 Å².